The van der Waals surface area contributed by atoms with Crippen molar-refractivity contribution >= 4 is 40.6 Å². The highest BCUT2D eigenvalue weighted by molar-refractivity contribution is 7.80. The van der Waals surface area contributed by atoms with E-state index in [2.05, 4.69) is 10.6 Å². The summed E-state index contributed by atoms with van der Waals surface area (Å²) in [5.41, 5.74) is 1.49. The summed E-state index contributed by atoms with van der Waals surface area (Å²) in [6.45, 7) is 6.98. The summed E-state index contributed by atoms with van der Waals surface area (Å²) in [6.07, 6.45) is -0.615. The van der Waals surface area contributed by atoms with E-state index in [1.54, 1.807) is 65.1 Å². The van der Waals surface area contributed by atoms with Crippen molar-refractivity contribution in [3.63, 3.8) is 0 Å². The summed E-state index contributed by atoms with van der Waals surface area (Å²) in [5.74, 6) is 0.0149. The molecule has 0 fully saturated rings. The van der Waals surface area contributed by atoms with Crippen LogP contribution < -0.4 is 20.1 Å². The minimum Gasteiger partial charge on any atom is -0.493 e. The SMILES string of the molecule is COc1ccc(NC(=S)Nc2cc(C(=O)OC(C)C)cc(C(=O)OC(C)C)c2)cc1OC. The topological polar surface area (TPSA) is 95.1 Å². The van der Waals surface area contributed by atoms with Gasteiger partial charge in [-0.1, -0.05) is 0 Å². The second kappa shape index (κ2) is 11.3. The third-order valence-corrected chi connectivity index (χ3v) is 4.19. The number of hydrogen-bond donors (Lipinski definition) is 2. The zero-order valence-corrected chi connectivity index (χ0v) is 19.8. The number of esters is 2. The maximum absolute atomic E-state index is 12.4. The van der Waals surface area contributed by atoms with Crippen molar-refractivity contribution in [3.05, 3.63) is 47.5 Å². The zero-order valence-electron chi connectivity index (χ0n) is 19.0. The summed E-state index contributed by atoms with van der Waals surface area (Å²) in [5, 5.41) is 6.26. The van der Waals surface area contributed by atoms with Crippen LogP contribution in [0.4, 0.5) is 11.4 Å². The lowest BCUT2D eigenvalue weighted by Crippen LogP contribution is -2.20. The van der Waals surface area contributed by atoms with Gasteiger partial charge >= 0.3 is 11.9 Å². The average Bonchev–Trinajstić information content (AvgIpc) is 2.72. The number of benzene rings is 2. The lowest BCUT2D eigenvalue weighted by molar-refractivity contribution is 0.0377. The van der Waals surface area contributed by atoms with Crippen LogP contribution in [0.25, 0.3) is 0 Å². The Labute approximate surface area is 193 Å². The number of carbonyl (C=O) groups is 2. The van der Waals surface area contributed by atoms with Gasteiger partial charge in [-0.3, -0.25) is 0 Å². The lowest BCUT2D eigenvalue weighted by atomic mass is 10.1. The van der Waals surface area contributed by atoms with Gasteiger partial charge in [0.05, 0.1) is 37.6 Å². The second-order valence-corrected chi connectivity index (χ2v) is 7.76. The molecule has 0 aromatic heterocycles. The first kappa shape index (κ1) is 24.9. The molecular weight excluding hydrogens is 432 g/mol. The normalized spacial score (nSPS) is 10.5. The molecule has 2 N–H and O–H groups in total. The van der Waals surface area contributed by atoms with E-state index in [0.717, 1.165) is 0 Å². The molecule has 2 aromatic carbocycles. The number of carbonyl (C=O) groups excluding carboxylic acids is 2. The summed E-state index contributed by atoms with van der Waals surface area (Å²) in [6, 6.07) is 9.79. The summed E-state index contributed by atoms with van der Waals surface area (Å²) in [4.78, 5) is 24.9. The van der Waals surface area contributed by atoms with Crippen LogP contribution in [0.1, 0.15) is 48.4 Å². The van der Waals surface area contributed by atoms with Crippen LogP contribution in [0.5, 0.6) is 11.5 Å². The van der Waals surface area contributed by atoms with Gasteiger partial charge < -0.3 is 29.6 Å². The van der Waals surface area contributed by atoms with E-state index < -0.39 is 11.9 Å². The molecule has 2 rings (SSSR count). The Hall–Kier alpha value is -3.33. The molecule has 32 heavy (non-hydrogen) atoms. The Kier molecular flexibility index (Phi) is 8.83. The minimum atomic E-state index is -0.555. The quantitative estimate of drug-likeness (QED) is 0.431. The number of nitrogens with one attached hydrogen (secondary N) is 2. The molecule has 0 radical (unpaired) electrons. The Balaban J connectivity index is 2.27. The summed E-state index contributed by atoms with van der Waals surface area (Å²) in [7, 11) is 3.09. The Morgan fingerprint density at radius 3 is 1.72 bits per heavy atom. The van der Waals surface area contributed by atoms with Crippen LogP contribution >= 0.6 is 12.2 Å². The number of rotatable bonds is 8. The van der Waals surface area contributed by atoms with E-state index in [4.69, 9.17) is 31.2 Å². The second-order valence-electron chi connectivity index (χ2n) is 7.36. The summed E-state index contributed by atoms with van der Waals surface area (Å²) < 4.78 is 21.0. The van der Waals surface area contributed by atoms with Crippen molar-refractivity contribution in [2.75, 3.05) is 24.9 Å². The fourth-order valence-electron chi connectivity index (χ4n) is 2.71. The molecule has 0 saturated heterocycles. The molecule has 8 nitrogen and oxygen atoms in total. The van der Waals surface area contributed by atoms with E-state index in [0.29, 0.717) is 22.9 Å². The highest BCUT2D eigenvalue weighted by atomic mass is 32.1. The van der Waals surface area contributed by atoms with Gasteiger partial charge in [0.2, 0.25) is 0 Å². The average molecular weight is 461 g/mol. The summed E-state index contributed by atoms with van der Waals surface area (Å²) >= 11 is 5.39. The molecule has 2 aromatic rings. The first-order valence-corrected chi connectivity index (χ1v) is 10.4. The van der Waals surface area contributed by atoms with Gasteiger partial charge in [-0.25, -0.2) is 9.59 Å². The smallest absolute Gasteiger partial charge is 0.338 e. The van der Waals surface area contributed by atoms with Gasteiger partial charge in [-0.15, -0.1) is 0 Å². The van der Waals surface area contributed by atoms with Crippen LogP contribution in [0.2, 0.25) is 0 Å². The standard InChI is InChI=1S/C23H28N2O6S/c1-13(2)30-21(26)15-9-16(22(27)31-14(3)4)11-18(10-15)25-23(32)24-17-7-8-19(28-5)20(12-17)29-6/h7-14H,1-6H3,(H2,24,25,32). The van der Waals surface area contributed by atoms with Gasteiger partial charge in [0.15, 0.2) is 16.6 Å². The maximum Gasteiger partial charge on any atom is 0.338 e. The highest BCUT2D eigenvalue weighted by Gasteiger charge is 2.17. The molecule has 0 aliphatic heterocycles. The molecular formula is C23H28N2O6S. The van der Waals surface area contributed by atoms with Gasteiger partial charge in [0.1, 0.15) is 0 Å². The molecule has 0 aliphatic carbocycles. The predicted octanol–water partition coefficient (Wildman–Crippen LogP) is 4.64. The van der Waals surface area contributed by atoms with Crippen molar-refractivity contribution in [1.29, 1.82) is 0 Å². The highest BCUT2D eigenvalue weighted by Crippen LogP contribution is 2.30. The number of hydrogen-bond acceptors (Lipinski definition) is 7. The predicted molar refractivity (Wildman–Crippen MR) is 127 cm³/mol. The molecule has 9 heteroatoms. The van der Waals surface area contributed by atoms with Crippen LogP contribution in [-0.2, 0) is 9.47 Å². The van der Waals surface area contributed by atoms with Crippen molar-refractivity contribution in [1.82, 2.24) is 0 Å². The maximum atomic E-state index is 12.4. The number of anilines is 2. The van der Waals surface area contributed by atoms with Crippen LogP contribution in [0.15, 0.2) is 36.4 Å². The molecule has 0 bridgehead atoms. The third-order valence-electron chi connectivity index (χ3n) is 3.99. The van der Waals surface area contributed by atoms with E-state index in [9.17, 15) is 9.59 Å². The molecule has 0 heterocycles. The Morgan fingerprint density at radius 1 is 0.750 bits per heavy atom. The molecule has 0 saturated carbocycles. The first-order valence-electron chi connectivity index (χ1n) is 10.00. The van der Waals surface area contributed by atoms with Gasteiger partial charge in [0, 0.05) is 17.4 Å². The number of thiocarbonyl (C=S) groups is 1. The Bertz CT molecular complexity index is 950. The third kappa shape index (κ3) is 7.12. The lowest BCUT2D eigenvalue weighted by Gasteiger charge is -2.15. The van der Waals surface area contributed by atoms with Crippen LogP contribution in [-0.4, -0.2) is 43.5 Å². The van der Waals surface area contributed by atoms with Crippen LogP contribution in [0.3, 0.4) is 0 Å². The molecule has 0 amide bonds. The van der Waals surface area contributed by atoms with Crippen molar-refractivity contribution < 1.29 is 28.5 Å². The van der Waals surface area contributed by atoms with Gasteiger partial charge in [0.25, 0.3) is 0 Å². The van der Waals surface area contributed by atoms with E-state index in [-0.39, 0.29) is 28.4 Å². The zero-order chi connectivity index (χ0) is 23.8. The molecule has 172 valence electrons. The monoisotopic (exact) mass is 460 g/mol. The van der Waals surface area contributed by atoms with Crippen molar-refractivity contribution in [2.45, 2.75) is 39.9 Å². The fraction of sp³-hybridized carbons (Fsp3) is 0.348. The molecule has 0 unspecified atom stereocenters. The first-order chi connectivity index (χ1) is 15.1. The molecule has 0 atom stereocenters. The molecule has 0 aliphatic rings. The number of ether oxygens (including phenoxy) is 4. The number of methoxy groups -OCH3 is 2. The Morgan fingerprint density at radius 2 is 1.25 bits per heavy atom. The van der Waals surface area contributed by atoms with Crippen molar-refractivity contribution in [3.8, 4) is 11.5 Å². The fourth-order valence-corrected chi connectivity index (χ4v) is 2.94. The van der Waals surface area contributed by atoms with Crippen molar-refractivity contribution in [2.24, 2.45) is 0 Å². The minimum absolute atomic E-state index is 0.202. The van der Waals surface area contributed by atoms with Gasteiger partial charge in [-0.05, 0) is 70.2 Å². The van der Waals surface area contributed by atoms with E-state index in [1.807, 2.05) is 0 Å². The van der Waals surface area contributed by atoms with E-state index >= 15 is 0 Å². The van der Waals surface area contributed by atoms with Gasteiger partial charge in [-0.2, -0.15) is 0 Å². The largest absolute Gasteiger partial charge is 0.493 e. The van der Waals surface area contributed by atoms with E-state index in [1.165, 1.54) is 13.2 Å². The molecule has 0 spiro atoms. The van der Waals surface area contributed by atoms with Crippen LogP contribution in [0, 0.1) is 0 Å².